The molecular weight excluding hydrogens is 442 g/mol. The molecule has 0 spiro atoms. The summed E-state index contributed by atoms with van der Waals surface area (Å²) in [6, 6.07) is 11.6. The Labute approximate surface area is 195 Å². The van der Waals surface area contributed by atoms with Crippen molar-refractivity contribution in [1.82, 2.24) is 10.6 Å². The molecule has 2 aromatic rings. The van der Waals surface area contributed by atoms with Gasteiger partial charge in [-0.2, -0.15) is 0 Å². The van der Waals surface area contributed by atoms with Gasteiger partial charge in [-0.15, -0.1) is 0 Å². The molecular formula is C25H24F2N4O3. The third-order valence-corrected chi connectivity index (χ3v) is 5.86. The van der Waals surface area contributed by atoms with Crippen LogP contribution in [0.4, 0.5) is 20.2 Å². The zero-order valence-electron chi connectivity index (χ0n) is 18.5. The van der Waals surface area contributed by atoms with E-state index < -0.39 is 17.4 Å². The monoisotopic (exact) mass is 466 g/mol. The number of nitrogens with one attached hydrogen (secondary N) is 4. The number of carbonyl (C=O) groups is 3. The molecule has 0 fully saturated rings. The second-order valence-electron chi connectivity index (χ2n) is 8.34. The van der Waals surface area contributed by atoms with Crippen LogP contribution in [0.1, 0.15) is 26.2 Å². The Morgan fingerprint density at radius 2 is 1.59 bits per heavy atom. The highest BCUT2D eigenvalue weighted by atomic mass is 19.1. The molecule has 1 atom stereocenters. The van der Waals surface area contributed by atoms with Crippen molar-refractivity contribution in [2.75, 3.05) is 17.2 Å². The fourth-order valence-corrected chi connectivity index (χ4v) is 4.22. The zero-order chi connectivity index (χ0) is 24.3. The predicted octanol–water partition coefficient (Wildman–Crippen LogP) is 3.38. The Hall–Kier alpha value is -4.01. The lowest BCUT2D eigenvalue weighted by molar-refractivity contribution is -0.124. The number of benzene rings is 2. The summed E-state index contributed by atoms with van der Waals surface area (Å²) in [7, 11) is 0. The van der Waals surface area contributed by atoms with Crippen molar-refractivity contribution >= 4 is 29.1 Å². The molecule has 1 aliphatic heterocycles. The lowest BCUT2D eigenvalue weighted by Gasteiger charge is -2.41. The molecule has 176 valence electrons. The molecule has 7 nitrogen and oxygen atoms in total. The summed E-state index contributed by atoms with van der Waals surface area (Å²) in [5.74, 6) is -1.87. The molecule has 34 heavy (non-hydrogen) atoms. The van der Waals surface area contributed by atoms with E-state index in [9.17, 15) is 23.2 Å². The highest BCUT2D eigenvalue weighted by Crippen LogP contribution is 2.41. The van der Waals surface area contributed by atoms with Crippen LogP contribution in [0, 0.1) is 11.6 Å². The van der Waals surface area contributed by atoms with Crippen LogP contribution in [-0.4, -0.2) is 29.8 Å². The number of amides is 3. The van der Waals surface area contributed by atoms with Crippen molar-refractivity contribution in [1.29, 1.82) is 0 Å². The van der Waals surface area contributed by atoms with Gasteiger partial charge in [0.15, 0.2) is 0 Å². The van der Waals surface area contributed by atoms with Gasteiger partial charge >= 0.3 is 0 Å². The van der Waals surface area contributed by atoms with E-state index in [4.69, 9.17) is 0 Å². The van der Waals surface area contributed by atoms with Crippen molar-refractivity contribution in [2.45, 2.75) is 31.7 Å². The first-order valence-electron chi connectivity index (χ1n) is 10.9. The Morgan fingerprint density at radius 3 is 2.21 bits per heavy atom. The van der Waals surface area contributed by atoms with Gasteiger partial charge in [-0.3, -0.25) is 19.7 Å². The highest BCUT2D eigenvalue weighted by molar-refractivity contribution is 6.21. The van der Waals surface area contributed by atoms with Crippen LogP contribution < -0.4 is 21.3 Å². The second kappa shape index (κ2) is 9.46. The number of anilines is 2. The van der Waals surface area contributed by atoms with Crippen LogP contribution in [0.5, 0.6) is 0 Å². The Kier molecular flexibility index (Phi) is 6.45. The molecule has 1 aliphatic carbocycles. The SMILES string of the molecule is CC(=O)NCCCC1(Nc2ccc(F)cc2)CC2=C(C=C1Nc1ccc(F)cc1)C(=O)NC2=O. The molecule has 0 saturated carbocycles. The van der Waals surface area contributed by atoms with Crippen molar-refractivity contribution in [3.8, 4) is 0 Å². The largest absolute Gasteiger partial charge is 0.374 e. The van der Waals surface area contributed by atoms with Crippen LogP contribution in [0.25, 0.3) is 0 Å². The summed E-state index contributed by atoms with van der Waals surface area (Å²) in [4.78, 5) is 36.2. The highest BCUT2D eigenvalue weighted by Gasteiger charge is 2.44. The van der Waals surface area contributed by atoms with E-state index >= 15 is 0 Å². The van der Waals surface area contributed by atoms with Gasteiger partial charge in [0.1, 0.15) is 11.6 Å². The first-order valence-corrected chi connectivity index (χ1v) is 10.9. The molecule has 2 aliphatic rings. The smallest absolute Gasteiger partial charge is 0.258 e. The number of imide groups is 1. The first kappa shape index (κ1) is 23.2. The van der Waals surface area contributed by atoms with Gasteiger partial charge < -0.3 is 16.0 Å². The van der Waals surface area contributed by atoms with Crippen LogP contribution >= 0.6 is 0 Å². The summed E-state index contributed by atoms with van der Waals surface area (Å²) in [5, 5.41) is 11.8. The minimum absolute atomic E-state index is 0.157. The average Bonchev–Trinajstić information content (AvgIpc) is 3.07. The zero-order valence-corrected chi connectivity index (χ0v) is 18.5. The van der Waals surface area contributed by atoms with E-state index in [2.05, 4.69) is 21.3 Å². The number of hydrogen-bond donors (Lipinski definition) is 4. The third-order valence-electron chi connectivity index (χ3n) is 5.86. The molecule has 0 bridgehead atoms. The maximum absolute atomic E-state index is 13.5. The number of carbonyl (C=O) groups excluding carboxylic acids is 3. The average molecular weight is 466 g/mol. The van der Waals surface area contributed by atoms with Crippen molar-refractivity contribution in [2.24, 2.45) is 0 Å². The van der Waals surface area contributed by atoms with Gasteiger partial charge in [-0.05, 0) is 67.4 Å². The summed E-state index contributed by atoms with van der Waals surface area (Å²) < 4.78 is 27.0. The summed E-state index contributed by atoms with van der Waals surface area (Å²) in [6.45, 7) is 1.84. The summed E-state index contributed by atoms with van der Waals surface area (Å²) in [6.07, 6.45) is 2.81. The lowest BCUT2D eigenvalue weighted by atomic mass is 9.77. The summed E-state index contributed by atoms with van der Waals surface area (Å²) >= 11 is 0. The fourth-order valence-electron chi connectivity index (χ4n) is 4.22. The van der Waals surface area contributed by atoms with E-state index in [1.807, 2.05) is 0 Å². The molecule has 3 amide bonds. The van der Waals surface area contributed by atoms with Gasteiger partial charge in [0, 0.05) is 42.5 Å². The first-order chi connectivity index (χ1) is 16.3. The Balaban J connectivity index is 1.74. The number of rotatable bonds is 8. The Bertz CT molecular complexity index is 1190. The van der Waals surface area contributed by atoms with Crippen molar-refractivity contribution < 1.29 is 23.2 Å². The molecule has 0 aromatic heterocycles. The van der Waals surface area contributed by atoms with Crippen LogP contribution in [-0.2, 0) is 14.4 Å². The van der Waals surface area contributed by atoms with E-state index in [1.54, 1.807) is 30.3 Å². The topological polar surface area (TPSA) is 99.3 Å². The van der Waals surface area contributed by atoms with Gasteiger partial charge in [0.25, 0.3) is 11.8 Å². The molecule has 4 rings (SSSR count). The molecule has 0 saturated heterocycles. The minimum atomic E-state index is -0.897. The fraction of sp³-hybridized carbons (Fsp3) is 0.240. The van der Waals surface area contributed by atoms with Gasteiger partial charge in [-0.25, -0.2) is 8.78 Å². The van der Waals surface area contributed by atoms with Crippen LogP contribution in [0.2, 0.25) is 0 Å². The van der Waals surface area contributed by atoms with E-state index in [0.29, 0.717) is 42.0 Å². The molecule has 0 radical (unpaired) electrons. The van der Waals surface area contributed by atoms with Crippen molar-refractivity contribution in [3.05, 3.63) is 83.1 Å². The number of hydrogen-bond acceptors (Lipinski definition) is 5. The standard InChI is InChI=1S/C25H24F2N4O3/c1-15(32)28-12-2-11-25(31-19-9-5-17(27)6-10-19)14-21-20(23(33)30-24(21)34)13-22(25)29-18-7-3-16(26)4-8-18/h3-10,13,29,31H,2,11-12,14H2,1H3,(H,28,32)(H,30,33,34). The van der Waals surface area contributed by atoms with Gasteiger partial charge in [0.2, 0.25) is 5.91 Å². The van der Waals surface area contributed by atoms with Gasteiger partial charge in [-0.1, -0.05) is 0 Å². The number of halogens is 2. The minimum Gasteiger partial charge on any atom is -0.374 e. The van der Waals surface area contributed by atoms with Gasteiger partial charge in [0.05, 0.1) is 11.1 Å². The maximum Gasteiger partial charge on any atom is 0.258 e. The van der Waals surface area contributed by atoms with Crippen LogP contribution in [0.15, 0.2) is 71.5 Å². The molecule has 2 aromatic carbocycles. The summed E-state index contributed by atoms with van der Waals surface area (Å²) in [5.41, 5.74) is 1.52. The van der Waals surface area contributed by atoms with Crippen molar-refractivity contribution in [3.63, 3.8) is 0 Å². The quantitative estimate of drug-likeness (QED) is 0.353. The van der Waals surface area contributed by atoms with E-state index in [0.717, 1.165) is 0 Å². The van der Waals surface area contributed by atoms with E-state index in [-0.39, 0.29) is 29.5 Å². The molecule has 4 N–H and O–H groups in total. The molecule has 9 heteroatoms. The maximum atomic E-state index is 13.5. The van der Waals surface area contributed by atoms with E-state index in [1.165, 1.54) is 31.2 Å². The lowest BCUT2D eigenvalue weighted by Crippen LogP contribution is -2.46. The third kappa shape index (κ3) is 4.98. The molecule has 1 heterocycles. The second-order valence-corrected chi connectivity index (χ2v) is 8.34. The van der Waals surface area contributed by atoms with Crippen LogP contribution in [0.3, 0.4) is 0 Å². The predicted molar refractivity (Wildman–Crippen MR) is 124 cm³/mol. The normalized spacial score (nSPS) is 19.3. The Morgan fingerprint density at radius 1 is 0.971 bits per heavy atom. The molecule has 1 unspecified atom stereocenters.